The van der Waals surface area contributed by atoms with Crippen LogP contribution in [0.2, 0.25) is 0 Å². The van der Waals surface area contributed by atoms with Gasteiger partial charge in [0.25, 0.3) is 5.91 Å². The Morgan fingerprint density at radius 1 is 1.00 bits per heavy atom. The average Bonchev–Trinajstić information content (AvgIpc) is 3.44. The lowest BCUT2D eigenvalue weighted by Gasteiger charge is -2.12. The van der Waals surface area contributed by atoms with Gasteiger partial charge in [0.15, 0.2) is 0 Å². The number of thiazole rings is 1. The van der Waals surface area contributed by atoms with E-state index in [9.17, 15) is 4.79 Å². The Morgan fingerprint density at radius 2 is 1.63 bits per heavy atom. The van der Waals surface area contributed by atoms with Crippen LogP contribution in [0.25, 0.3) is 0 Å². The Bertz CT molecular complexity index is 961. The van der Waals surface area contributed by atoms with Crippen molar-refractivity contribution in [3.8, 4) is 11.5 Å². The zero-order chi connectivity index (χ0) is 20.8. The first-order valence-electron chi connectivity index (χ1n) is 10.3. The van der Waals surface area contributed by atoms with Crippen molar-refractivity contribution in [1.82, 2.24) is 10.3 Å². The summed E-state index contributed by atoms with van der Waals surface area (Å²) in [7, 11) is 0. The van der Waals surface area contributed by atoms with Gasteiger partial charge in [0.2, 0.25) is 0 Å². The molecular formula is C24H26N2O3S. The first kappa shape index (κ1) is 20.4. The second kappa shape index (κ2) is 9.76. The Kier molecular flexibility index (Phi) is 6.64. The molecular weight excluding hydrogens is 396 g/mol. The zero-order valence-electron chi connectivity index (χ0n) is 17.1. The number of carbonyl (C=O) groups excluding carboxylic acids is 1. The molecule has 1 fully saturated rings. The number of aromatic nitrogens is 1. The van der Waals surface area contributed by atoms with E-state index in [0.717, 1.165) is 35.0 Å². The number of rotatable bonds is 8. The maximum absolute atomic E-state index is 12.3. The van der Waals surface area contributed by atoms with E-state index < -0.39 is 0 Å². The molecule has 156 valence electrons. The van der Waals surface area contributed by atoms with Crippen LogP contribution in [0.1, 0.15) is 52.3 Å². The molecule has 0 bridgehead atoms. The largest absolute Gasteiger partial charge is 0.487 e. The van der Waals surface area contributed by atoms with Crippen molar-refractivity contribution in [1.29, 1.82) is 0 Å². The molecule has 0 unspecified atom stereocenters. The summed E-state index contributed by atoms with van der Waals surface area (Å²) >= 11 is 1.56. The number of carbonyl (C=O) groups is 1. The molecule has 6 heteroatoms. The molecule has 3 aromatic rings. The van der Waals surface area contributed by atoms with Crippen LogP contribution in [0.15, 0.2) is 53.9 Å². The summed E-state index contributed by atoms with van der Waals surface area (Å²) in [6, 6.07) is 15.6. The molecule has 30 heavy (non-hydrogen) atoms. The molecule has 0 saturated heterocycles. The van der Waals surface area contributed by atoms with Gasteiger partial charge in [-0.25, -0.2) is 4.98 Å². The molecule has 5 nitrogen and oxygen atoms in total. The molecule has 1 amide bonds. The van der Waals surface area contributed by atoms with Gasteiger partial charge in [0, 0.05) is 17.0 Å². The van der Waals surface area contributed by atoms with Crippen LogP contribution in [0.4, 0.5) is 0 Å². The third-order valence-corrected chi connectivity index (χ3v) is 6.05. The highest BCUT2D eigenvalue weighted by Crippen LogP contribution is 2.20. The number of hydrogen-bond acceptors (Lipinski definition) is 5. The fourth-order valence-electron chi connectivity index (χ4n) is 3.46. The molecule has 1 aromatic heterocycles. The van der Waals surface area contributed by atoms with Crippen LogP contribution < -0.4 is 14.8 Å². The van der Waals surface area contributed by atoms with Gasteiger partial charge in [-0.2, -0.15) is 0 Å². The van der Waals surface area contributed by atoms with E-state index in [1.807, 2.05) is 53.9 Å². The maximum atomic E-state index is 12.3. The van der Waals surface area contributed by atoms with Crippen LogP contribution in [0.3, 0.4) is 0 Å². The quantitative estimate of drug-likeness (QED) is 0.536. The SMILES string of the molecule is Cc1ccc(OCc2nc(COc3ccc(C(=O)NC4CCCC4)cc3)cs2)cc1. The van der Waals surface area contributed by atoms with Gasteiger partial charge in [-0.3, -0.25) is 4.79 Å². The standard InChI is InChI=1S/C24H26N2O3S/c1-17-6-10-21(11-7-17)29-15-23-25-20(16-30-23)14-28-22-12-8-18(9-13-22)24(27)26-19-4-2-3-5-19/h6-13,16,19H,2-5,14-15H2,1H3,(H,26,27). The van der Waals surface area contributed by atoms with E-state index in [1.165, 1.54) is 18.4 Å². The van der Waals surface area contributed by atoms with Crippen molar-refractivity contribution in [2.45, 2.75) is 51.9 Å². The van der Waals surface area contributed by atoms with E-state index in [1.54, 1.807) is 11.3 Å². The molecule has 0 atom stereocenters. The molecule has 1 aliphatic carbocycles. The molecule has 1 aliphatic rings. The second-order valence-corrected chi connectivity index (χ2v) is 8.54. The van der Waals surface area contributed by atoms with Gasteiger partial charge in [0.1, 0.15) is 29.7 Å². The average molecular weight is 423 g/mol. The lowest BCUT2D eigenvalue weighted by atomic mass is 10.1. The molecule has 1 saturated carbocycles. The number of amides is 1. The van der Waals surface area contributed by atoms with Crippen molar-refractivity contribution in [3.63, 3.8) is 0 Å². The summed E-state index contributed by atoms with van der Waals surface area (Å²) in [5, 5.41) is 6.00. The number of nitrogens with zero attached hydrogens (tertiary/aromatic N) is 1. The molecule has 2 aromatic carbocycles. The lowest BCUT2D eigenvalue weighted by Crippen LogP contribution is -2.32. The number of nitrogens with one attached hydrogen (secondary N) is 1. The summed E-state index contributed by atoms with van der Waals surface area (Å²) < 4.78 is 11.6. The van der Waals surface area contributed by atoms with Gasteiger partial charge in [-0.15, -0.1) is 11.3 Å². The summed E-state index contributed by atoms with van der Waals surface area (Å²) in [6.45, 7) is 2.88. The molecule has 0 spiro atoms. The normalized spacial score (nSPS) is 13.9. The second-order valence-electron chi connectivity index (χ2n) is 7.60. The third-order valence-electron chi connectivity index (χ3n) is 5.18. The van der Waals surface area contributed by atoms with Crippen LogP contribution in [-0.4, -0.2) is 16.9 Å². The summed E-state index contributed by atoms with van der Waals surface area (Å²) in [6.07, 6.45) is 4.57. The third kappa shape index (κ3) is 5.60. The highest BCUT2D eigenvalue weighted by Gasteiger charge is 2.17. The first-order valence-corrected chi connectivity index (χ1v) is 11.2. The Balaban J connectivity index is 1.24. The molecule has 0 radical (unpaired) electrons. The van der Waals surface area contributed by atoms with Crippen molar-refractivity contribution in [2.75, 3.05) is 0 Å². The number of aryl methyl sites for hydroxylation is 1. The lowest BCUT2D eigenvalue weighted by molar-refractivity contribution is 0.0938. The fourth-order valence-corrected chi connectivity index (χ4v) is 4.15. The minimum atomic E-state index is -0.00818. The van der Waals surface area contributed by atoms with E-state index in [4.69, 9.17) is 9.47 Å². The van der Waals surface area contributed by atoms with E-state index in [2.05, 4.69) is 17.2 Å². The zero-order valence-corrected chi connectivity index (χ0v) is 17.9. The summed E-state index contributed by atoms with van der Waals surface area (Å²) in [4.78, 5) is 16.9. The van der Waals surface area contributed by atoms with Gasteiger partial charge >= 0.3 is 0 Å². The van der Waals surface area contributed by atoms with E-state index in [0.29, 0.717) is 24.8 Å². The van der Waals surface area contributed by atoms with Gasteiger partial charge in [-0.1, -0.05) is 30.5 Å². The van der Waals surface area contributed by atoms with Crippen LogP contribution >= 0.6 is 11.3 Å². The van der Waals surface area contributed by atoms with Crippen molar-refractivity contribution in [3.05, 3.63) is 75.7 Å². The number of hydrogen-bond donors (Lipinski definition) is 1. The van der Waals surface area contributed by atoms with Crippen molar-refractivity contribution >= 4 is 17.2 Å². The number of benzene rings is 2. The summed E-state index contributed by atoms with van der Waals surface area (Å²) in [5.41, 5.74) is 2.74. The highest BCUT2D eigenvalue weighted by molar-refractivity contribution is 7.09. The number of ether oxygens (including phenoxy) is 2. The predicted octanol–water partition coefficient (Wildman–Crippen LogP) is 5.28. The minimum absolute atomic E-state index is 0.00818. The fraction of sp³-hybridized carbons (Fsp3) is 0.333. The molecule has 1 heterocycles. The maximum Gasteiger partial charge on any atom is 0.251 e. The summed E-state index contributed by atoms with van der Waals surface area (Å²) in [5.74, 6) is 1.55. The highest BCUT2D eigenvalue weighted by atomic mass is 32.1. The van der Waals surface area contributed by atoms with Gasteiger partial charge < -0.3 is 14.8 Å². The molecule has 1 N–H and O–H groups in total. The smallest absolute Gasteiger partial charge is 0.251 e. The van der Waals surface area contributed by atoms with E-state index >= 15 is 0 Å². The molecule has 4 rings (SSSR count). The van der Waals surface area contributed by atoms with Crippen molar-refractivity contribution < 1.29 is 14.3 Å². The van der Waals surface area contributed by atoms with Crippen molar-refractivity contribution in [2.24, 2.45) is 0 Å². The first-order chi connectivity index (χ1) is 14.7. The monoisotopic (exact) mass is 422 g/mol. The predicted molar refractivity (Wildman–Crippen MR) is 118 cm³/mol. The molecule has 0 aliphatic heterocycles. The van der Waals surface area contributed by atoms with Gasteiger partial charge in [0.05, 0.1) is 5.69 Å². The topological polar surface area (TPSA) is 60.5 Å². The van der Waals surface area contributed by atoms with Crippen LogP contribution in [0.5, 0.6) is 11.5 Å². The van der Waals surface area contributed by atoms with Gasteiger partial charge in [-0.05, 0) is 56.2 Å². The Hall–Kier alpha value is -2.86. The van der Waals surface area contributed by atoms with Crippen LogP contribution in [-0.2, 0) is 13.2 Å². The van der Waals surface area contributed by atoms with E-state index in [-0.39, 0.29) is 5.91 Å². The Morgan fingerprint density at radius 3 is 2.33 bits per heavy atom. The van der Waals surface area contributed by atoms with Crippen LogP contribution in [0, 0.1) is 6.92 Å². The Labute approximate surface area is 181 Å². The minimum Gasteiger partial charge on any atom is -0.487 e.